The number of Topliss-reactive ketones (excluding diaryl/α,β-unsaturated/α-hetero) is 1. The Bertz CT molecular complexity index is 3090. The summed E-state index contributed by atoms with van der Waals surface area (Å²) in [5.74, 6) is -2.74. The predicted octanol–water partition coefficient (Wildman–Crippen LogP) is 7.22. The fourth-order valence-electron chi connectivity index (χ4n) is 14.4. The summed E-state index contributed by atoms with van der Waals surface area (Å²) < 4.78 is 12.0. The van der Waals surface area contributed by atoms with Gasteiger partial charge in [-0.2, -0.15) is 0 Å². The fourth-order valence-corrected chi connectivity index (χ4v) is 14.4. The highest BCUT2D eigenvalue weighted by Gasteiger charge is 2.50. The molecule has 0 saturated carbocycles. The molecule has 5 aromatic carbocycles. The van der Waals surface area contributed by atoms with Crippen molar-refractivity contribution in [3.63, 3.8) is 0 Å². The number of rotatable bonds is 35. The fraction of sp³-hybridized carbons (Fsp3) is 0.500. The average molecular weight is 1310 g/mol. The number of carbonyl (C=O) groups excluding carboxylic acids is 8. The zero-order chi connectivity index (χ0) is 67.8. The van der Waals surface area contributed by atoms with E-state index in [1.807, 2.05) is 135 Å². The first-order valence-corrected chi connectivity index (χ1v) is 34.9. The average Bonchev–Trinajstić information content (AvgIpc) is 1.64. The van der Waals surface area contributed by atoms with Gasteiger partial charge in [-0.05, 0) is 143 Å². The van der Waals surface area contributed by atoms with Crippen LogP contribution in [-0.2, 0) is 74.0 Å². The van der Waals surface area contributed by atoms with E-state index in [9.17, 15) is 38.4 Å². The smallest absolute Gasteiger partial charge is 0.247 e. The topological polar surface area (TPSA) is 258 Å². The summed E-state index contributed by atoms with van der Waals surface area (Å²) >= 11 is 0. The van der Waals surface area contributed by atoms with Crippen LogP contribution in [0.3, 0.4) is 0 Å². The molecule has 0 aliphatic carbocycles. The SMILES string of the molecule is CC[C@H](NC)C(=O)N[C@@H]1C(=O)N2[C@@H](CC[C@@H]1CNCc1ccccc1)CC[C@H]2C(=O)N[C@H](C(=O)CCCOCc1ccc(COCCNC(=O)[C@@H](NC(=O)[C@@H]2CC[C@@H]3CC[C@H](CCCc4ccccc4)[C@H](NC(=O)[C@H](CC)NC)C(=O)N32)c2ccccc2)cc1)c1ccccc1. The molecule has 12 atom stereocenters. The van der Waals surface area contributed by atoms with Gasteiger partial charge in [-0.1, -0.05) is 159 Å². The number of ether oxygens (including phenoxy) is 2. The molecule has 0 spiro atoms. The number of carbonyl (C=O) groups is 8. The van der Waals surface area contributed by atoms with Crippen LogP contribution in [0.25, 0.3) is 0 Å². The first-order chi connectivity index (χ1) is 46.8. The lowest BCUT2D eigenvalue weighted by molar-refractivity contribution is -0.144. The lowest BCUT2D eigenvalue weighted by atomic mass is 9.88. The van der Waals surface area contributed by atoms with Crippen molar-refractivity contribution >= 4 is 47.1 Å². The van der Waals surface area contributed by atoms with E-state index < -0.39 is 66.1 Å². The Hall–Kier alpha value is -8.14. The van der Waals surface area contributed by atoms with Crippen molar-refractivity contribution in [3.05, 3.63) is 179 Å². The molecule has 96 heavy (non-hydrogen) atoms. The minimum absolute atomic E-state index is 0.105. The lowest BCUT2D eigenvalue weighted by Gasteiger charge is -2.33. The van der Waals surface area contributed by atoms with Crippen LogP contribution >= 0.6 is 0 Å². The third kappa shape index (κ3) is 19.5. The molecule has 4 aliphatic rings. The molecule has 0 unspecified atom stereocenters. The first kappa shape index (κ1) is 72.1. The number of nitrogens with one attached hydrogen (secondary N) is 8. The minimum Gasteiger partial charge on any atom is -0.377 e. The van der Waals surface area contributed by atoms with Gasteiger partial charge in [0.15, 0.2) is 5.78 Å². The van der Waals surface area contributed by atoms with Gasteiger partial charge in [-0.3, -0.25) is 38.4 Å². The second kappa shape index (κ2) is 36.8. The van der Waals surface area contributed by atoms with Gasteiger partial charge in [0.05, 0.1) is 31.9 Å². The molecular weight excluding hydrogens is 1210 g/mol. The number of benzene rings is 5. The Kier molecular flexibility index (Phi) is 27.7. The van der Waals surface area contributed by atoms with Crippen molar-refractivity contribution in [3.8, 4) is 0 Å². The summed E-state index contributed by atoms with van der Waals surface area (Å²) in [5, 5.41) is 24.9. The maximum absolute atomic E-state index is 14.8. The largest absolute Gasteiger partial charge is 0.377 e. The molecule has 20 nitrogen and oxygen atoms in total. The summed E-state index contributed by atoms with van der Waals surface area (Å²) in [6, 6.07) is 39.7. The van der Waals surface area contributed by atoms with Crippen LogP contribution in [0.5, 0.6) is 0 Å². The molecule has 5 aromatic rings. The molecule has 4 fully saturated rings. The number of ketones is 1. The molecule has 0 bridgehead atoms. The van der Waals surface area contributed by atoms with E-state index in [-0.39, 0.29) is 79.5 Å². The Morgan fingerprint density at radius 1 is 0.500 bits per heavy atom. The van der Waals surface area contributed by atoms with Crippen molar-refractivity contribution in [1.82, 2.24) is 52.3 Å². The van der Waals surface area contributed by atoms with E-state index in [1.165, 1.54) is 5.56 Å². The van der Waals surface area contributed by atoms with Gasteiger partial charge in [-0.15, -0.1) is 0 Å². The highest BCUT2D eigenvalue weighted by atomic mass is 16.5. The van der Waals surface area contributed by atoms with Crippen molar-refractivity contribution in [1.29, 1.82) is 0 Å². The number of hydrogen-bond donors (Lipinski definition) is 8. The van der Waals surface area contributed by atoms with Crippen molar-refractivity contribution in [2.45, 2.75) is 190 Å². The monoisotopic (exact) mass is 1310 g/mol. The molecule has 0 radical (unpaired) electrons. The first-order valence-electron chi connectivity index (χ1n) is 34.9. The number of nitrogens with zero attached hydrogens (tertiary/aromatic N) is 2. The zero-order valence-corrected chi connectivity index (χ0v) is 56.3. The summed E-state index contributed by atoms with van der Waals surface area (Å²) in [6.45, 7) is 6.22. The normalized spacial score (nSPS) is 22.1. The molecule has 8 N–H and O–H groups in total. The Morgan fingerprint density at radius 3 is 1.48 bits per heavy atom. The Labute approximate surface area is 566 Å². The minimum atomic E-state index is -1.04. The van der Waals surface area contributed by atoms with Crippen LogP contribution in [0.4, 0.5) is 0 Å². The van der Waals surface area contributed by atoms with E-state index in [2.05, 4.69) is 54.7 Å². The highest BCUT2D eigenvalue weighted by molar-refractivity contribution is 5.98. The van der Waals surface area contributed by atoms with Crippen LogP contribution < -0.4 is 42.5 Å². The van der Waals surface area contributed by atoms with Gasteiger partial charge >= 0.3 is 0 Å². The van der Waals surface area contributed by atoms with E-state index in [0.717, 1.165) is 42.4 Å². The van der Waals surface area contributed by atoms with E-state index >= 15 is 0 Å². The maximum Gasteiger partial charge on any atom is 0.247 e. The predicted molar refractivity (Wildman–Crippen MR) is 368 cm³/mol. The van der Waals surface area contributed by atoms with Gasteiger partial charge < -0.3 is 61.8 Å². The molecule has 20 heteroatoms. The Balaban J connectivity index is 0.725. The van der Waals surface area contributed by atoms with E-state index in [0.29, 0.717) is 102 Å². The summed E-state index contributed by atoms with van der Waals surface area (Å²) in [5.41, 5.74) is 5.41. The van der Waals surface area contributed by atoms with Crippen molar-refractivity contribution < 1.29 is 47.8 Å². The number of fused-ring (bicyclic) bond motifs is 2. The zero-order valence-electron chi connectivity index (χ0n) is 56.3. The van der Waals surface area contributed by atoms with Gasteiger partial charge in [0.25, 0.3) is 0 Å². The molecule has 4 aliphatic heterocycles. The maximum atomic E-state index is 14.8. The Morgan fingerprint density at radius 2 is 0.958 bits per heavy atom. The molecule has 9 rings (SSSR count). The number of hydrogen-bond acceptors (Lipinski definition) is 13. The third-order valence-corrected chi connectivity index (χ3v) is 19.8. The van der Waals surface area contributed by atoms with Crippen LogP contribution in [0.1, 0.15) is 149 Å². The van der Waals surface area contributed by atoms with Gasteiger partial charge in [0.2, 0.25) is 41.4 Å². The lowest BCUT2D eigenvalue weighted by Crippen LogP contribution is -2.59. The second-order valence-electron chi connectivity index (χ2n) is 26.1. The van der Waals surface area contributed by atoms with Crippen LogP contribution in [0, 0.1) is 11.8 Å². The molecule has 7 amide bonds. The standard InChI is InChI=1S/C76H100N10O10/c1-5-61(77-3)70(88)83-68-57(30-19-25-51-21-11-7-12-22-51)36-38-59-40-43-64(85(59)75(68)93)73(91)82-67(56-28-17-10-18-29-56)74(92)80-44-46-96-50-54-34-32-53(33-35-54)49-95-45-20-31-65(87)66(55-26-15-9-16-27-55)81-72(90)63-42-41-60-39-37-58(48-79-47-52-23-13-8-14-24-52)69(76(94)86(60)63)84-71(89)62(6-2)78-4/h7-18,21-24,26-29,32-35,57-64,66-69,77-79H,5-6,19-20,25,30-31,36-50H2,1-4H3,(H,80,92)(H,81,90)(H,82,91)(H,83,88)(H,84,89)/t57-,58+,59-,60-,61-,62-,63-,64-,66-,67-,68-,69-/m0/s1. The molecule has 4 heterocycles. The summed E-state index contributed by atoms with van der Waals surface area (Å²) in [7, 11) is 3.46. The quantitative estimate of drug-likeness (QED) is 0.0187. The van der Waals surface area contributed by atoms with Crippen molar-refractivity contribution in [2.24, 2.45) is 11.8 Å². The number of aryl methyl sites for hydroxylation is 1. The highest BCUT2D eigenvalue weighted by Crippen LogP contribution is 2.38. The van der Waals surface area contributed by atoms with Gasteiger partial charge in [0, 0.05) is 50.7 Å². The molecular formula is C76H100N10O10. The van der Waals surface area contributed by atoms with E-state index in [1.54, 1.807) is 36.0 Å². The molecule has 0 aromatic heterocycles. The van der Waals surface area contributed by atoms with Gasteiger partial charge in [-0.25, -0.2) is 0 Å². The van der Waals surface area contributed by atoms with Crippen LogP contribution in [0.15, 0.2) is 146 Å². The summed E-state index contributed by atoms with van der Waals surface area (Å²) in [6.07, 6.45) is 9.08. The summed E-state index contributed by atoms with van der Waals surface area (Å²) in [4.78, 5) is 117. The molecule has 514 valence electrons. The molecule has 4 saturated heterocycles. The van der Waals surface area contributed by atoms with E-state index in [4.69, 9.17) is 9.47 Å². The van der Waals surface area contributed by atoms with Crippen LogP contribution in [0.2, 0.25) is 0 Å². The van der Waals surface area contributed by atoms with Crippen LogP contribution in [-0.4, -0.2) is 146 Å². The van der Waals surface area contributed by atoms with Gasteiger partial charge in [0.1, 0.15) is 36.3 Å². The van der Waals surface area contributed by atoms with Crippen molar-refractivity contribution in [2.75, 3.05) is 40.4 Å². The third-order valence-electron chi connectivity index (χ3n) is 19.8. The number of amides is 7. The second-order valence-corrected chi connectivity index (χ2v) is 26.1. The number of likely N-dealkylation sites (N-methyl/N-ethyl adjacent to an activating group) is 2.